The number of aryl methyl sites for hydroxylation is 2. The van der Waals surface area contributed by atoms with Crippen molar-refractivity contribution in [2.45, 2.75) is 19.8 Å². The molecule has 2 N–H and O–H groups in total. The Morgan fingerprint density at radius 1 is 0.957 bits per heavy atom. The molecule has 0 bridgehead atoms. The van der Waals surface area contributed by atoms with Crippen molar-refractivity contribution in [1.29, 1.82) is 0 Å². The minimum Gasteiger partial charge on any atom is -0.355 e. The van der Waals surface area contributed by atoms with Gasteiger partial charge in [0.1, 0.15) is 0 Å². The van der Waals surface area contributed by atoms with Crippen LogP contribution in [0.3, 0.4) is 0 Å². The Morgan fingerprint density at radius 3 is 2.48 bits per heavy atom. The topological polar surface area (TPSA) is 58.2 Å². The Balaban J connectivity index is 1.63. The Kier molecular flexibility index (Phi) is 6.36. The monoisotopic (exact) mass is 310 g/mol. The summed E-state index contributed by atoms with van der Waals surface area (Å²) in [4.78, 5) is 23.5. The third-order valence-electron chi connectivity index (χ3n) is 3.49. The van der Waals surface area contributed by atoms with Crippen molar-refractivity contribution in [3.8, 4) is 0 Å². The van der Waals surface area contributed by atoms with Crippen molar-refractivity contribution in [3.63, 3.8) is 0 Å². The van der Waals surface area contributed by atoms with Crippen LogP contribution in [0.4, 0.5) is 0 Å². The van der Waals surface area contributed by atoms with Crippen LogP contribution in [0.5, 0.6) is 0 Å². The van der Waals surface area contributed by atoms with E-state index >= 15 is 0 Å². The number of nitrogens with one attached hydrogen (secondary N) is 2. The van der Waals surface area contributed by atoms with Crippen molar-refractivity contribution in [2.24, 2.45) is 0 Å². The number of hydrogen-bond donors (Lipinski definition) is 2. The molecule has 120 valence electrons. The van der Waals surface area contributed by atoms with Gasteiger partial charge in [0.25, 0.3) is 5.91 Å². The SMILES string of the molecule is Cc1cccc(CCCNC(=O)CNC(=O)c2ccccc2)c1. The number of hydrogen-bond acceptors (Lipinski definition) is 2. The first-order chi connectivity index (χ1) is 11.1. The Labute approximate surface area is 136 Å². The maximum absolute atomic E-state index is 11.8. The summed E-state index contributed by atoms with van der Waals surface area (Å²) in [6.07, 6.45) is 1.81. The highest BCUT2D eigenvalue weighted by atomic mass is 16.2. The number of carbonyl (C=O) groups is 2. The standard InChI is InChI=1S/C19H22N2O2/c1-15-7-5-8-16(13-15)9-6-12-20-18(22)14-21-19(23)17-10-3-2-4-11-17/h2-5,7-8,10-11,13H,6,9,12,14H2,1H3,(H,20,22)(H,21,23). The fourth-order valence-corrected chi connectivity index (χ4v) is 2.30. The molecule has 0 atom stereocenters. The lowest BCUT2D eigenvalue weighted by molar-refractivity contribution is -0.120. The first kappa shape index (κ1) is 16.7. The molecule has 0 aliphatic heterocycles. The van der Waals surface area contributed by atoms with E-state index in [1.165, 1.54) is 11.1 Å². The van der Waals surface area contributed by atoms with Gasteiger partial charge in [-0.2, -0.15) is 0 Å². The predicted octanol–water partition coefficient (Wildman–Crippen LogP) is 2.47. The van der Waals surface area contributed by atoms with Crippen LogP contribution >= 0.6 is 0 Å². The van der Waals surface area contributed by atoms with Crippen LogP contribution in [-0.2, 0) is 11.2 Å². The van der Waals surface area contributed by atoms with Gasteiger partial charge in [-0.15, -0.1) is 0 Å². The summed E-state index contributed by atoms with van der Waals surface area (Å²) in [7, 11) is 0. The number of rotatable bonds is 7. The average Bonchev–Trinajstić information content (AvgIpc) is 2.57. The largest absolute Gasteiger partial charge is 0.355 e. The summed E-state index contributed by atoms with van der Waals surface area (Å²) in [6, 6.07) is 17.2. The fourth-order valence-electron chi connectivity index (χ4n) is 2.30. The van der Waals surface area contributed by atoms with Crippen LogP contribution in [0.15, 0.2) is 54.6 Å². The van der Waals surface area contributed by atoms with Gasteiger partial charge in [0.05, 0.1) is 6.54 Å². The maximum Gasteiger partial charge on any atom is 0.251 e. The van der Waals surface area contributed by atoms with Crippen molar-refractivity contribution in [3.05, 3.63) is 71.3 Å². The maximum atomic E-state index is 11.8. The number of benzene rings is 2. The van der Waals surface area contributed by atoms with E-state index in [1.54, 1.807) is 24.3 Å². The van der Waals surface area contributed by atoms with Crippen molar-refractivity contribution in [1.82, 2.24) is 10.6 Å². The van der Waals surface area contributed by atoms with E-state index < -0.39 is 0 Å². The van der Waals surface area contributed by atoms with Crippen LogP contribution in [0.2, 0.25) is 0 Å². The quantitative estimate of drug-likeness (QED) is 0.772. The molecular formula is C19H22N2O2. The molecule has 0 aromatic heterocycles. The van der Waals surface area contributed by atoms with E-state index in [2.05, 4.69) is 35.8 Å². The van der Waals surface area contributed by atoms with Crippen molar-refractivity contribution >= 4 is 11.8 Å². The Hall–Kier alpha value is -2.62. The molecule has 0 saturated heterocycles. The van der Waals surface area contributed by atoms with E-state index in [9.17, 15) is 9.59 Å². The molecule has 0 unspecified atom stereocenters. The van der Waals surface area contributed by atoms with Gasteiger partial charge in [-0.1, -0.05) is 48.0 Å². The molecule has 0 spiro atoms. The average molecular weight is 310 g/mol. The van der Waals surface area contributed by atoms with Gasteiger partial charge in [0.15, 0.2) is 0 Å². The lowest BCUT2D eigenvalue weighted by atomic mass is 10.1. The molecule has 23 heavy (non-hydrogen) atoms. The second-order valence-electron chi connectivity index (χ2n) is 5.49. The van der Waals surface area contributed by atoms with E-state index in [1.807, 2.05) is 12.1 Å². The van der Waals surface area contributed by atoms with E-state index in [4.69, 9.17) is 0 Å². The van der Waals surface area contributed by atoms with Crippen molar-refractivity contribution < 1.29 is 9.59 Å². The zero-order valence-corrected chi connectivity index (χ0v) is 13.3. The summed E-state index contributed by atoms with van der Waals surface area (Å²) in [6.45, 7) is 2.67. The zero-order chi connectivity index (χ0) is 16.5. The second-order valence-corrected chi connectivity index (χ2v) is 5.49. The smallest absolute Gasteiger partial charge is 0.251 e. The molecule has 0 fully saturated rings. The molecule has 2 rings (SSSR count). The number of amides is 2. The molecular weight excluding hydrogens is 288 g/mol. The highest BCUT2D eigenvalue weighted by molar-refractivity contribution is 5.96. The summed E-state index contributed by atoms with van der Waals surface area (Å²) < 4.78 is 0. The van der Waals surface area contributed by atoms with Crippen molar-refractivity contribution in [2.75, 3.05) is 13.1 Å². The van der Waals surface area contributed by atoms with E-state index in [-0.39, 0.29) is 18.4 Å². The molecule has 2 amide bonds. The highest BCUT2D eigenvalue weighted by Gasteiger charge is 2.06. The van der Waals surface area contributed by atoms with Crippen LogP contribution in [0.1, 0.15) is 27.9 Å². The zero-order valence-electron chi connectivity index (χ0n) is 13.3. The lowest BCUT2D eigenvalue weighted by Crippen LogP contribution is -2.37. The predicted molar refractivity (Wildman–Crippen MR) is 91.3 cm³/mol. The van der Waals surface area contributed by atoms with Gasteiger partial charge in [0.2, 0.25) is 5.91 Å². The third kappa shape index (κ3) is 5.94. The molecule has 0 aliphatic carbocycles. The molecule has 0 heterocycles. The van der Waals surface area contributed by atoms with Crippen LogP contribution in [-0.4, -0.2) is 24.9 Å². The molecule has 0 aliphatic rings. The van der Waals surface area contributed by atoms with Crippen LogP contribution in [0.25, 0.3) is 0 Å². The van der Waals surface area contributed by atoms with Crippen LogP contribution in [0, 0.1) is 6.92 Å². The summed E-state index contributed by atoms with van der Waals surface area (Å²) in [5, 5.41) is 5.43. The van der Waals surface area contributed by atoms with Gasteiger partial charge in [-0.25, -0.2) is 0 Å². The molecule has 0 radical (unpaired) electrons. The Morgan fingerprint density at radius 2 is 1.74 bits per heavy atom. The minimum absolute atomic E-state index is 0.00181. The minimum atomic E-state index is -0.236. The lowest BCUT2D eigenvalue weighted by Gasteiger charge is -2.07. The van der Waals surface area contributed by atoms with Crippen LogP contribution < -0.4 is 10.6 Å². The summed E-state index contributed by atoms with van der Waals surface area (Å²) in [5.41, 5.74) is 3.08. The summed E-state index contributed by atoms with van der Waals surface area (Å²) >= 11 is 0. The van der Waals surface area contributed by atoms with Gasteiger partial charge >= 0.3 is 0 Å². The highest BCUT2D eigenvalue weighted by Crippen LogP contribution is 2.05. The summed E-state index contributed by atoms with van der Waals surface area (Å²) in [5.74, 6) is -0.404. The first-order valence-corrected chi connectivity index (χ1v) is 7.80. The Bertz CT molecular complexity index is 653. The first-order valence-electron chi connectivity index (χ1n) is 7.80. The molecule has 0 saturated carbocycles. The van der Waals surface area contributed by atoms with Gasteiger partial charge in [-0.3, -0.25) is 9.59 Å². The van der Waals surface area contributed by atoms with Gasteiger partial charge in [-0.05, 0) is 37.5 Å². The molecule has 4 nitrogen and oxygen atoms in total. The van der Waals surface area contributed by atoms with E-state index in [0.29, 0.717) is 12.1 Å². The normalized spacial score (nSPS) is 10.1. The molecule has 4 heteroatoms. The van der Waals surface area contributed by atoms with Gasteiger partial charge in [0, 0.05) is 12.1 Å². The molecule has 2 aromatic rings. The van der Waals surface area contributed by atoms with E-state index in [0.717, 1.165) is 12.8 Å². The second kappa shape index (κ2) is 8.73. The number of carbonyl (C=O) groups excluding carboxylic acids is 2. The fraction of sp³-hybridized carbons (Fsp3) is 0.263. The molecule has 2 aromatic carbocycles. The van der Waals surface area contributed by atoms with Gasteiger partial charge < -0.3 is 10.6 Å². The third-order valence-corrected chi connectivity index (χ3v) is 3.49.